The van der Waals surface area contributed by atoms with Crippen molar-refractivity contribution < 1.29 is 0 Å². The molecule has 0 aliphatic heterocycles. The lowest BCUT2D eigenvalue weighted by Gasteiger charge is -2.08. The molecule has 16 heavy (non-hydrogen) atoms. The van der Waals surface area contributed by atoms with Gasteiger partial charge in [-0.3, -0.25) is 9.36 Å². The Balaban J connectivity index is 2.78. The molecule has 0 bridgehead atoms. The maximum Gasteiger partial charge on any atom is 0.330 e. The third kappa shape index (κ3) is 3.06. The Morgan fingerprint density at radius 3 is 2.62 bits per heavy atom. The summed E-state index contributed by atoms with van der Waals surface area (Å²) < 4.78 is 2.80. The van der Waals surface area contributed by atoms with E-state index in [9.17, 15) is 9.59 Å². The molecule has 5 heteroatoms. The zero-order valence-electron chi connectivity index (χ0n) is 9.90. The fourth-order valence-corrected chi connectivity index (χ4v) is 1.50. The van der Waals surface area contributed by atoms with Gasteiger partial charge in [0.05, 0.1) is 0 Å². The maximum absolute atomic E-state index is 11.8. The molecule has 1 aromatic rings. The molecule has 1 N–H and O–H groups in total. The molecular weight excluding hydrogens is 206 g/mol. The third-order valence-corrected chi connectivity index (χ3v) is 2.42. The van der Waals surface area contributed by atoms with Crippen LogP contribution in [0.25, 0.3) is 0 Å². The number of aromatic nitrogens is 2. The predicted octanol–water partition coefficient (Wildman–Crippen LogP) is 0.0295. The summed E-state index contributed by atoms with van der Waals surface area (Å²) in [5.41, 5.74) is -0.457. The van der Waals surface area contributed by atoms with Crippen molar-refractivity contribution in [3.8, 4) is 0 Å². The van der Waals surface area contributed by atoms with Gasteiger partial charge < -0.3 is 9.88 Å². The summed E-state index contributed by atoms with van der Waals surface area (Å²) in [6.45, 7) is 6.53. The fraction of sp³-hybridized carbons (Fsp3) is 0.636. The van der Waals surface area contributed by atoms with Gasteiger partial charge in [-0.1, -0.05) is 6.92 Å². The van der Waals surface area contributed by atoms with Crippen molar-refractivity contribution in [2.75, 3.05) is 13.1 Å². The number of aryl methyl sites for hydroxylation is 1. The fourth-order valence-electron chi connectivity index (χ4n) is 1.50. The highest BCUT2D eigenvalue weighted by Crippen LogP contribution is 1.79. The van der Waals surface area contributed by atoms with Crippen molar-refractivity contribution in [3.63, 3.8) is 0 Å². The Labute approximate surface area is 94.7 Å². The van der Waals surface area contributed by atoms with Gasteiger partial charge in [-0.2, -0.15) is 0 Å². The third-order valence-electron chi connectivity index (χ3n) is 2.42. The first-order valence-corrected chi connectivity index (χ1v) is 5.71. The average Bonchev–Trinajstić information content (AvgIpc) is 2.28. The predicted molar refractivity (Wildman–Crippen MR) is 63.8 cm³/mol. The van der Waals surface area contributed by atoms with Crippen LogP contribution in [0.15, 0.2) is 21.9 Å². The van der Waals surface area contributed by atoms with E-state index >= 15 is 0 Å². The van der Waals surface area contributed by atoms with Crippen LogP contribution in [0.4, 0.5) is 0 Å². The van der Waals surface area contributed by atoms with Crippen LogP contribution in [0.3, 0.4) is 0 Å². The van der Waals surface area contributed by atoms with Crippen LogP contribution in [-0.2, 0) is 13.1 Å². The smallest absolute Gasteiger partial charge is 0.315 e. The van der Waals surface area contributed by atoms with Crippen LogP contribution >= 0.6 is 0 Å². The van der Waals surface area contributed by atoms with Crippen molar-refractivity contribution in [1.82, 2.24) is 14.5 Å². The van der Waals surface area contributed by atoms with Gasteiger partial charge in [0.15, 0.2) is 0 Å². The second kappa shape index (κ2) is 6.27. The molecule has 5 nitrogen and oxygen atoms in total. The van der Waals surface area contributed by atoms with Crippen LogP contribution in [0, 0.1) is 0 Å². The van der Waals surface area contributed by atoms with Gasteiger partial charge in [0.25, 0.3) is 5.56 Å². The summed E-state index contributed by atoms with van der Waals surface area (Å²) in [7, 11) is 0. The molecule has 1 aromatic heterocycles. The first kappa shape index (κ1) is 12.7. The molecule has 0 aliphatic carbocycles. The summed E-state index contributed by atoms with van der Waals surface area (Å²) in [6.07, 6.45) is 2.59. The van der Waals surface area contributed by atoms with Crippen molar-refractivity contribution in [2.24, 2.45) is 0 Å². The van der Waals surface area contributed by atoms with E-state index in [-0.39, 0.29) is 11.2 Å². The highest BCUT2D eigenvalue weighted by molar-refractivity contribution is 4.86. The van der Waals surface area contributed by atoms with Crippen LogP contribution in [0.1, 0.15) is 20.3 Å². The Kier molecular flexibility index (Phi) is 4.98. The molecular formula is C11H19N3O2. The molecule has 0 spiro atoms. The van der Waals surface area contributed by atoms with Gasteiger partial charge in [-0.05, 0) is 19.9 Å². The molecule has 1 heterocycles. The van der Waals surface area contributed by atoms with Gasteiger partial charge in [0, 0.05) is 31.9 Å². The first-order valence-electron chi connectivity index (χ1n) is 5.71. The Morgan fingerprint density at radius 1 is 1.25 bits per heavy atom. The molecule has 0 amide bonds. The van der Waals surface area contributed by atoms with E-state index in [2.05, 4.69) is 12.2 Å². The SMILES string of the molecule is CCCNCCn1c(=O)ccn(CC)c1=O. The summed E-state index contributed by atoms with van der Waals surface area (Å²) in [5.74, 6) is 0. The quantitative estimate of drug-likeness (QED) is 0.695. The summed E-state index contributed by atoms with van der Waals surface area (Å²) in [6, 6.07) is 1.44. The van der Waals surface area contributed by atoms with E-state index < -0.39 is 0 Å². The second-order valence-corrected chi connectivity index (χ2v) is 3.62. The highest BCUT2D eigenvalue weighted by Gasteiger charge is 2.02. The largest absolute Gasteiger partial charge is 0.330 e. The normalized spacial score (nSPS) is 10.6. The van der Waals surface area contributed by atoms with Gasteiger partial charge in [0.1, 0.15) is 0 Å². The van der Waals surface area contributed by atoms with E-state index in [0.29, 0.717) is 19.6 Å². The number of hydrogen-bond acceptors (Lipinski definition) is 3. The number of hydrogen-bond donors (Lipinski definition) is 1. The first-order chi connectivity index (χ1) is 7.70. The van der Waals surface area contributed by atoms with Gasteiger partial charge >= 0.3 is 5.69 Å². The van der Waals surface area contributed by atoms with Gasteiger partial charge in [-0.15, -0.1) is 0 Å². The molecule has 0 fully saturated rings. The molecule has 0 saturated carbocycles. The zero-order valence-corrected chi connectivity index (χ0v) is 9.90. The Bertz CT molecular complexity index is 434. The van der Waals surface area contributed by atoms with Crippen LogP contribution in [-0.4, -0.2) is 22.2 Å². The molecule has 0 aromatic carbocycles. The van der Waals surface area contributed by atoms with E-state index in [1.807, 2.05) is 6.92 Å². The van der Waals surface area contributed by atoms with Crippen LogP contribution in [0.5, 0.6) is 0 Å². The topological polar surface area (TPSA) is 56.0 Å². The summed E-state index contributed by atoms with van der Waals surface area (Å²) >= 11 is 0. The van der Waals surface area contributed by atoms with E-state index in [0.717, 1.165) is 13.0 Å². The summed E-state index contributed by atoms with van der Waals surface area (Å²) in [4.78, 5) is 23.3. The minimum absolute atomic E-state index is 0.228. The summed E-state index contributed by atoms with van der Waals surface area (Å²) in [5, 5.41) is 3.17. The number of nitrogens with one attached hydrogen (secondary N) is 1. The minimum Gasteiger partial charge on any atom is -0.315 e. The highest BCUT2D eigenvalue weighted by atomic mass is 16.2. The van der Waals surface area contributed by atoms with Gasteiger partial charge in [-0.25, -0.2) is 4.79 Å². The lowest BCUT2D eigenvalue weighted by atomic mass is 10.4. The molecule has 0 atom stereocenters. The van der Waals surface area contributed by atoms with E-state index in [1.54, 1.807) is 6.20 Å². The van der Waals surface area contributed by atoms with Crippen molar-refractivity contribution in [3.05, 3.63) is 33.1 Å². The maximum atomic E-state index is 11.8. The minimum atomic E-state index is -0.229. The van der Waals surface area contributed by atoms with Crippen LogP contribution in [0.2, 0.25) is 0 Å². The molecule has 90 valence electrons. The number of rotatable bonds is 6. The molecule has 0 unspecified atom stereocenters. The molecule has 0 radical (unpaired) electrons. The monoisotopic (exact) mass is 225 g/mol. The Hall–Kier alpha value is -1.36. The standard InChI is InChI=1S/C11H19N3O2/c1-3-6-12-7-9-14-10(15)5-8-13(4-2)11(14)16/h5,8,12H,3-4,6-7,9H2,1-2H3. The average molecular weight is 225 g/mol. The Morgan fingerprint density at radius 2 is 2.00 bits per heavy atom. The second-order valence-electron chi connectivity index (χ2n) is 3.62. The van der Waals surface area contributed by atoms with Crippen LogP contribution < -0.4 is 16.6 Å². The lowest BCUT2D eigenvalue weighted by Crippen LogP contribution is -2.41. The number of nitrogens with zero attached hydrogens (tertiary/aromatic N) is 2. The van der Waals surface area contributed by atoms with E-state index in [4.69, 9.17) is 0 Å². The van der Waals surface area contributed by atoms with Crippen molar-refractivity contribution >= 4 is 0 Å². The zero-order chi connectivity index (χ0) is 12.0. The molecule has 0 saturated heterocycles. The van der Waals surface area contributed by atoms with Gasteiger partial charge in [0.2, 0.25) is 0 Å². The van der Waals surface area contributed by atoms with Crippen molar-refractivity contribution in [1.29, 1.82) is 0 Å². The van der Waals surface area contributed by atoms with Crippen molar-refractivity contribution in [2.45, 2.75) is 33.4 Å². The molecule has 1 rings (SSSR count). The van der Waals surface area contributed by atoms with E-state index in [1.165, 1.54) is 15.2 Å². The lowest BCUT2D eigenvalue weighted by molar-refractivity contribution is 0.531. The molecule has 0 aliphatic rings.